The molecule has 4 nitrogen and oxygen atoms in total. The van der Waals surface area contributed by atoms with Gasteiger partial charge in [0.05, 0.1) is 10.8 Å². The first-order valence-electron chi connectivity index (χ1n) is 4.42. The van der Waals surface area contributed by atoms with Gasteiger partial charge in [-0.05, 0) is 6.92 Å². The molecule has 1 aromatic heterocycles. The zero-order valence-electron chi connectivity index (χ0n) is 8.23. The molecule has 0 aliphatic carbocycles. The van der Waals surface area contributed by atoms with E-state index in [4.69, 9.17) is 0 Å². The molecule has 1 unspecified atom stereocenters. The van der Waals surface area contributed by atoms with Gasteiger partial charge in [-0.2, -0.15) is 0 Å². The minimum Gasteiger partial charge on any atom is -0.249 e. The molecule has 0 fully saturated rings. The molecule has 14 heavy (non-hydrogen) atoms. The number of hydrogen-bond acceptors (Lipinski definition) is 4. The quantitative estimate of drug-likeness (QED) is 0.832. The van der Waals surface area contributed by atoms with Crippen LogP contribution in [-0.4, -0.2) is 25.7 Å². The number of nitrogens with zero attached hydrogens (tertiary/aromatic N) is 1. The number of nitrogens with one attached hydrogen (secondary N) is 1. The predicted octanol–water partition coefficient (Wildman–Crippen LogP) is 1.19. The van der Waals surface area contributed by atoms with Crippen LogP contribution in [0.4, 0.5) is 0 Å². The predicted molar refractivity (Wildman–Crippen MR) is 58.0 cm³/mol. The lowest BCUT2D eigenvalue weighted by atomic mass is 10.2. The molecule has 0 aromatic carbocycles. The maximum absolute atomic E-state index is 11.1. The van der Waals surface area contributed by atoms with Crippen molar-refractivity contribution in [3.8, 4) is 0 Å². The van der Waals surface area contributed by atoms with Crippen molar-refractivity contribution < 1.29 is 8.42 Å². The minimum absolute atomic E-state index is 0.123. The van der Waals surface area contributed by atoms with Crippen LogP contribution in [0, 0.1) is 0 Å². The fourth-order valence-electron chi connectivity index (χ4n) is 0.919. The monoisotopic (exact) mass is 234 g/mol. The molecule has 0 bridgehead atoms. The maximum atomic E-state index is 11.1. The first kappa shape index (κ1) is 11.6. The van der Waals surface area contributed by atoms with Crippen molar-refractivity contribution in [3.05, 3.63) is 16.6 Å². The lowest BCUT2D eigenvalue weighted by Crippen LogP contribution is -2.28. The van der Waals surface area contributed by atoms with E-state index in [9.17, 15) is 8.42 Å². The molecule has 0 saturated carbocycles. The van der Waals surface area contributed by atoms with Crippen LogP contribution in [0.15, 0.2) is 11.6 Å². The average Bonchev–Trinajstić information content (AvgIpc) is 2.67. The van der Waals surface area contributed by atoms with E-state index in [0.717, 1.165) is 5.01 Å². The van der Waals surface area contributed by atoms with Gasteiger partial charge in [0, 0.05) is 24.0 Å². The van der Waals surface area contributed by atoms with Crippen LogP contribution < -0.4 is 4.72 Å². The Labute approximate surface area is 88.4 Å². The molecule has 0 aliphatic rings. The number of thiazole rings is 1. The Hall–Kier alpha value is -0.460. The smallest absolute Gasteiger partial charge is 0.211 e. The lowest BCUT2D eigenvalue weighted by molar-refractivity contribution is 0.576. The van der Waals surface area contributed by atoms with Gasteiger partial charge >= 0.3 is 0 Å². The molecule has 6 heteroatoms. The first-order valence-corrected chi connectivity index (χ1v) is 6.95. The molecule has 0 aliphatic heterocycles. The van der Waals surface area contributed by atoms with Crippen molar-refractivity contribution in [1.29, 1.82) is 0 Å². The number of rotatable bonds is 5. The van der Waals surface area contributed by atoms with Crippen LogP contribution >= 0.6 is 11.3 Å². The Kier molecular flexibility index (Phi) is 4.03. The van der Waals surface area contributed by atoms with Crippen LogP contribution in [0.3, 0.4) is 0 Å². The first-order chi connectivity index (χ1) is 6.55. The molecule has 0 saturated heterocycles. The normalized spacial score (nSPS) is 14.1. The van der Waals surface area contributed by atoms with Gasteiger partial charge in [0.15, 0.2) is 0 Å². The van der Waals surface area contributed by atoms with E-state index >= 15 is 0 Å². The van der Waals surface area contributed by atoms with E-state index in [-0.39, 0.29) is 11.7 Å². The minimum atomic E-state index is -3.08. The summed E-state index contributed by atoms with van der Waals surface area (Å²) >= 11 is 1.54. The second-order valence-electron chi connectivity index (χ2n) is 3.02. The van der Waals surface area contributed by atoms with E-state index in [2.05, 4.69) is 9.71 Å². The van der Waals surface area contributed by atoms with Crippen LogP contribution in [0.2, 0.25) is 0 Å². The van der Waals surface area contributed by atoms with Gasteiger partial charge in [0.2, 0.25) is 10.0 Å². The van der Waals surface area contributed by atoms with Crippen molar-refractivity contribution >= 4 is 21.4 Å². The summed E-state index contributed by atoms with van der Waals surface area (Å²) in [6.07, 6.45) is 1.73. The SMILES string of the molecule is CCS(=O)(=O)NCC(C)c1nccs1. The highest BCUT2D eigenvalue weighted by Crippen LogP contribution is 2.16. The van der Waals surface area contributed by atoms with Crippen molar-refractivity contribution in [2.24, 2.45) is 0 Å². The lowest BCUT2D eigenvalue weighted by Gasteiger charge is -2.09. The summed E-state index contributed by atoms with van der Waals surface area (Å²) in [4.78, 5) is 4.13. The van der Waals surface area contributed by atoms with Crippen LogP contribution in [-0.2, 0) is 10.0 Å². The average molecular weight is 234 g/mol. The van der Waals surface area contributed by atoms with Gasteiger partial charge in [-0.25, -0.2) is 18.1 Å². The summed E-state index contributed by atoms with van der Waals surface area (Å²) in [6, 6.07) is 0. The third kappa shape index (κ3) is 3.36. The summed E-state index contributed by atoms with van der Waals surface area (Å²) in [6.45, 7) is 4.00. The number of sulfonamides is 1. The van der Waals surface area contributed by atoms with Crippen LogP contribution in [0.5, 0.6) is 0 Å². The van der Waals surface area contributed by atoms with E-state index in [0.29, 0.717) is 6.54 Å². The Bertz CT molecular complexity index is 359. The molecule has 1 aromatic rings. The number of aromatic nitrogens is 1. The molecule has 0 spiro atoms. The van der Waals surface area contributed by atoms with Gasteiger partial charge < -0.3 is 0 Å². The second kappa shape index (κ2) is 4.86. The van der Waals surface area contributed by atoms with Gasteiger partial charge in [-0.1, -0.05) is 6.92 Å². The van der Waals surface area contributed by atoms with Crippen molar-refractivity contribution in [3.63, 3.8) is 0 Å². The summed E-state index contributed by atoms with van der Waals surface area (Å²) in [5.41, 5.74) is 0. The Morgan fingerprint density at radius 1 is 1.64 bits per heavy atom. The van der Waals surface area contributed by atoms with Crippen molar-refractivity contribution in [2.45, 2.75) is 19.8 Å². The number of hydrogen-bond donors (Lipinski definition) is 1. The summed E-state index contributed by atoms with van der Waals surface area (Å²) in [5, 5.41) is 2.85. The Morgan fingerprint density at radius 3 is 2.86 bits per heavy atom. The van der Waals surface area contributed by atoms with Gasteiger partial charge in [-0.15, -0.1) is 11.3 Å². The molecular formula is C8H14N2O2S2. The van der Waals surface area contributed by atoms with E-state index in [1.807, 2.05) is 12.3 Å². The van der Waals surface area contributed by atoms with E-state index in [1.165, 1.54) is 0 Å². The molecule has 1 rings (SSSR count). The van der Waals surface area contributed by atoms with Crippen LogP contribution in [0.25, 0.3) is 0 Å². The molecule has 0 radical (unpaired) electrons. The summed E-state index contributed by atoms with van der Waals surface area (Å²) in [7, 11) is -3.08. The Balaban J connectivity index is 2.47. The highest BCUT2D eigenvalue weighted by Gasteiger charge is 2.12. The largest absolute Gasteiger partial charge is 0.249 e. The van der Waals surface area contributed by atoms with E-state index < -0.39 is 10.0 Å². The van der Waals surface area contributed by atoms with Crippen LogP contribution in [0.1, 0.15) is 24.8 Å². The fraction of sp³-hybridized carbons (Fsp3) is 0.625. The topological polar surface area (TPSA) is 59.1 Å². The third-order valence-corrected chi connectivity index (χ3v) is 4.24. The Morgan fingerprint density at radius 2 is 2.36 bits per heavy atom. The van der Waals surface area contributed by atoms with Gasteiger partial charge in [0.25, 0.3) is 0 Å². The van der Waals surface area contributed by atoms with Crippen molar-refractivity contribution in [1.82, 2.24) is 9.71 Å². The highest BCUT2D eigenvalue weighted by molar-refractivity contribution is 7.89. The molecule has 1 atom stereocenters. The fourth-order valence-corrected chi connectivity index (χ4v) is 2.33. The zero-order valence-corrected chi connectivity index (χ0v) is 9.86. The van der Waals surface area contributed by atoms with E-state index in [1.54, 1.807) is 24.5 Å². The van der Waals surface area contributed by atoms with Crippen molar-refractivity contribution in [2.75, 3.05) is 12.3 Å². The molecule has 0 amide bonds. The molecule has 1 heterocycles. The third-order valence-electron chi connectivity index (χ3n) is 1.86. The summed E-state index contributed by atoms with van der Waals surface area (Å²) < 4.78 is 24.8. The molecular weight excluding hydrogens is 220 g/mol. The molecule has 80 valence electrons. The second-order valence-corrected chi connectivity index (χ2v) is 6.04. The molecule has 1 N–H and O–H groups in total. The zero-order chi connectivity index (χ0) is 10.6. The van der Waals surface area contributed by atoms with Gasteiger partial charge in [0.1, 0.15) is 0 Å². The maximum Gasteiger partial charge on any atom is 0.211 e. The standard InChI is InChI=1S/C8H14N2O2S2/c1-3-14(11,12)10-6-7(2)8-9-4-5-13-8/h4-5,7,10H,3,6H2,1-2H3. The highest BCUT2D eigenvalue weighted by atomic mass is 32.2. The summed E-state index contributed by atoms with van der Waals surface area (Å²) in [5.74, 6) is 0.258. The van der Waals surface area contributed by atoms with Gasteiger partial charge in [-0.3, -0.25) is 0 Å².